The van der Waals surface area contributed by atoms with Crippen molar-refractivity contribution in [2.45, 2.75) is 53.5 Å². The van der Waals surface area contributed by atoms with Gasteiger partial charge in [-0.05, 0) is 43.4 Å². The minimum Gasteiger partial charge on any atom is -0.463 e. The first-order valence-corrected chi connectivity index (χ1v) is 11.4. The average Bonchev–Trinajstić information content (AvgIpc) is 2.65. The number of rotatable bonds is 5. The molecule has 6 nitrogen and oxygen atoms in total. The number of amides is 1. The van der Waals surface area contributed by atoms with Crippen LogP contribution in [-0.4, -0.2) is 40.8 Å². The predicted molar refractivity (Wildman–Crippen MR) is 122 cm³/mol. The van der Waals surface area contributed by atoms with Gasteiger partial charge < -0.3 is 15.0 Å². The number of fused-ring (bicyclic) bond motifs is 1. The molecule has 1 amide bonds. The van der Waals surface area contributed by atoms with Crippen LogP contribution in [0.25, 0.3) is 0 Å². The van der Waals surface area contributed by atoms with E-state index in [9.17, 15) is 9.59 Å². The van der Waals surface area contributed by atoms with Crippen LogP contribution in [-0.2, 0) is 14.3 Å². The Balaban J connectivity index is 1.96. The van der Waals surface area contributed by atoms with Gasteiger partial charge in [-0.1, -0.05) is 44.7 Å². The molecule has 0 aromatic heterocycles. The van der Waals surface area contributed by atoms with E-state index in [1.807, 2.05) is 58.9 Å². The van der Waals surface area contributed by atoms with E-state index in [1.165, 1.54) is 0 Å². The first kappa shape index (κ1) is 22.4. The number of anilines is 1. The van der Waals surface area contributed by atoms with Crippen molar-refractivity contribution in [3.63, 3.8) is 0 Å². The van der Waals surface area contributed by atoms with Gasteiger partial charge in [0.15, 0.2) is 5.17 Å². The fraction of sp³-hybridized carbons (Fsp3) is 0.522. The van der Waals surface area contributed by atoms with Crippen molar-refractivity contribution in [3.8, 4) is 0 Å². The summed E-state index contributed by atoms with van der Waals surface area (Å²) in [5, 5.41) is 3.95. The van der Waals surface area contributed by atoms with E-state index in [-0.39, 0.29) is 23.3 Å². The van der Waals surface area contributed by atoms with Gasteiger partial charge in [-0.25, -0.2) is 9.79 Å². The Bertz CT molecular complexity index is 886. The number of thioether (sulfide) groups is 1. The van der Waals surface area contributed by atoms with Gasteiger partial charge in [0.1, 0.15) is 0 Å². The summed E-state index contributed by atoms with van der Waals surface area (Å²) in [5.74, 6) is 0.671. The van der Waals surface area contributed by atoms with Crippen molar-refractivity contribution in [1.29, 1.82) is 0 Å². The Morgan fingerprint density at radius 3 is 2.80 bits per heavy atom. The molecule has 0 aliphatic carbocycles. The van der Waals surface area contributed by atoms with E-state index in [0.29, 0.717) is 24.3 Å². The third-order valence-electron chi connectivity index (χ3n) is 4.93. The summed E-state index contributed by atoms with van der Waals surface area (Å²) < 4.78 is 5.36. The number of nitrogens with one attached hydrogen (secondary N) is 1. The zero-order chi connectivity index (χ0) is 21.9. The second-order valence-corrected chi connectivity index (χ2v) is 9.89. The van der Waals surface area contributed by atoms with Gasteiger partial charge in [0.25, 0.3) is 0 Å². The van der Waals surface area contributed by atoms with Gasteiger partial charge in [0.05, 0.1) is 23.9 Å². The molecule has 1 aromatic rings. The minimum atomic E-state index is -0.333. The fourth-order valence-corrected chi connectivity index (χ4v) is 4.78. The predicted octanol–water partition coefficient (Wildman–Crippen LogP) is 4.75. The van der Waals surface area contributed by atoms with E-state index < -0.39 is 0 Å². The molecule has 3 rings (SSSR count). The maximum Gasteiger partial charge on any atom is 0.338 e. The maximum absolute atomic E-state index is 12.8. The van der Waals surface area contributed by atoms with Gasteiger partial charge >= 0.3 is 5.97 Å². The van der Waals surface area contributed by atoms with Crippen molar-refractivity contribution >= 4 is 34.5 Å². The highest BCUT2D eigenvalue weighted by atomic mass is 32.2. The molecule has 1 atom stereocenters. The summed E-state index contributed by atoms with van der Waals surface area (Å²) in [6.45, 7) is 10.9. The molecule has 0 spiro atoms. The van der Waals surface area contributed by atoms with E-state index in [2.05, 4.69) is 10.2 Å². The Hall–Kier alpha value is -2.28. The van der Waals surface area contributed by atoms with Crippen LogP contribution in [0, 0.1) is 5.41 Å². The van der Waals surface area contributed by atoms with Crippen LogP contribution in [0.4, 0.5) is 5.69 Å². The Morgan fingerprint density at radius 2 is 2.10 bits per heavy atom. The number of nitrogens with zero attached hydrogens (tertiary/aromatic N) is 2. The number of benzene rings is 1. The number of aliphatic imine (C=N–C) groups is 1. The van der Waals surface area contributed by atoms with Gasteiger partial charge in [0, 0.05) is 24.4 Å². The molecule has 1 saturated heterocycles. The summed E-state index contributed by atoms with van der Waals surface area (Å²) in [6, 6.07) is 7.48. The lowest BCUT2D eigenvalue weighted by Crippen LogP contribution is -2.42. The molecule has 2 heterocycles. The number of allylic oxidation sites excluding steroid dienone is 1. The van der Waals surface area contributed by atoms with Crippen molar-refractivity contribution in [2.75, 3.05) is 24.2 Å². The molecule has 1 unspecified atom stereocenters. The van der Waals surface area contributed by atoms with Crippen LogP contribution < -0.4 is 5.32 Å². The third-order valence-corrected chi connectivity index (χ3v) is 6.01. The number of hydrogen-bond donors (Lipinski definition) is 1. The fourth-order valence-electron chi connectivity index (χ4n) is 3.76. The molecule has 2 aliphatic heterocycles. The molecule has 30 heavy (non-hydrogen) atoms. The first-order valence-electron chi connectivity index (χ1n) is 10.5. The smallest absolute Gasteiger partial charge is 0.338 e. The number of ether oxygens (including phenoxy) is 1. The van der Waals surface area contributed by atoms with Gasteiger partial charge in [-0.2, -0.15) is 0 Å². The van der Waals surface area contributed by atoms with Gasteiger partial charge in [-0.15, -0.1) is 0 Å². The lowest BCUT2D eigenvalue weighted by molar-refractivity contribution is -0.139. The largest absolute Gasteiger partial charge is 0.463 e. The lowest BCUT2D eigenvalue weighted by Gasteiger charge is -2.40. The molecule has 162 valence electrons. The quantitative estimate of drug-likeness (QED) is 0.684. The van der Waals surface area contributed by atoms with E-state index in [1.54, 1.807) is 11.8 Å². The molecular formula is C23H31N3O3S. The Morgan fingerprint density at radius 1 is 1.33 bits per heavy atom. The highest BCUT2D eigenvalue weighted by molar-refractivity contribution is 8.13. The van der Waals surface area contributed by atoms with Crippen molar-refractivity contribution in [1.82, 2.24) is 4.90 Å². The SMILES string of the molecule is CCOC(=O)C1=C(C)N=C2SCCCN2C1c1cccc(NC(=O)CC(C)(C)C)c1. The Kier molecular flexibility index (Phi) is 6.91. The van der Waals surface area contributed by atoms with E-state index in [0.717, 1.165) is 35.1 Å². The van der Waals surface area contributed by atoms with Crippen LogP contribution >= 0.6 is 11.8 Å². The molecule has 2 aliphatic rings. The van der Waals surface area contributed by atoms with Crippen LogP contribution in [0.3, 0.4) is 0 Å². The number of amidine groups is 1. The molecule has 1 aromatic carbocycles. The van der Waals surface area contributed by atoms with E-state index >= 15 is 0 Å². The number of esters is 1. The highest BCUT2D eigenvalue weighted by Crippen LogP contribution is 2.40. The topological polar surface area (TPSA) is 71.0 Å². The summed E-state index contributed by atoms with van der Waals surface area (Å²) in [7, 11) is 0. The highest BCUT2D eigenvalue weighted by Gasteiger charge is 2.38. The summed E-state index contributed by atoms with van der Waals surface area (Å²) in [4.78, 5) is 32.1. The normalized spacial score (nSPS) is 19.2. The summed E-state index contributed by atoms with van der Waals surface area (Å²) in [5.41, 5.74) is 2.86. The monoisotopic (exact) mass is 429 g/mol. The minimum absolute atomic E-state index is 0.0172. The molecule has 1 N–H and O–H groups in total. The maximum atomic E-state index is 12.8. The van der Waals surface area contributed by atoms with Gasteiger partial charge in [-0.3, -0.25) is 4.79 Å². The molecule has 0 saturated carbocycles. The molecular weight excluding hydrogens is 398 g/mol. The second-order valence-electron chi connectivity index (χ2n) is 8.82. The molecule has 1 fully saturated rings. The van der Waals surface area contributed by atoms with Crippen molar-refractivity contribution < 1.29 is 14.3 Å². The van der Waals surface area contributed by atoms with Crippen LogP contribution in [0.5, 0.6) is 0 Å². The summed E-state index contributed by atoms with van der Waals surface area (Å²) in [6.07, 6.45) is 1.46. The van der Waals surface area contributed by atoms with Crippen LogP contribution in [0.15, 0.2) is 40.5 Å². The molecule has 0 radical (unpaired) electrons. The van der Waals surface area contributed by atoms with Crippen molar-refractivity contribution in [3.05, 3.63) is 41.1 Å². The van der Waals surface area contributed by atoms with E-state index in [4.69, 9.17) is 9.73 Å². The molecule has 7 heteroatoms. The zero-order valence-electron chi connectivity index (χ0n) is 18.4. The standard InChI is InChI=1S/C23H31N3O3S/c1-6-29-21(28)19-15(2)24-22-26(11-8-12-30-22)20(19)16-9-7-10-17(13-16)25-18(27)14-23(3,4)5/h7,9-10,13,20H,6,8,11-12,14H2,1-5H3,(H,25,27). The number of carbonyl (C=O) groups is 2. The number of hydrogen-bond acceptors (Lipinski definition) is 6. The first-order chi connectivity index (χ1) is 14.2. The Labute approximate surface area is 183 Å². The van der Waals surface area contributed by atoms with Crippen LogP contribution in [0.2, 0.25) is 0 Å². The van der Waals surface area contributed by atoms with Crippen molar-refractivity contribution in [2.24, 2.45) is 10.4 Å². The summed E-state index contributed by atoms with van der Waals surface area (Å²) >= 11 is 1.72. The van der Waals surface area contributed by atoms with Gasteiger partial charge in [0.2, 0.25) is 5.91 Å². The molecule has 0 bridgehead atoms. The lowest BCUT2D eigenvalue weighted by atomic mass is 9.91. The average molecular weight is 430 g/mol. The second kappa shape index (κ2) is 9.25. The third kappa shape index (κ3) is 5.25. The van der Waals surface area contributed by atoms with Crippen LogP contribution in [0.1, 0.15) is 59.1 Å². The number of carbonyl (C=O) groups excluding carboxylic acids is 2. The zero-order valence-corrected chi connectivity index (χ0v) is 19.3.